The maximum absolute atomic E-state index is 12.3. The molecule has 0 aromatic carbocycles. The molecule has 0 spiro atoms. The van der Waals surface area contributed by atoms with E-state index in [-0.39, 0.29) is 12.5 Å². The molecule has 4 heterocycles. The van der Waals surface area contributed by atoms with Gasteiger partial charge in [-0.1, -0.05) is 11.2 Å². The molecule has 0 unspecified atom stereocenters. The molecule has 4 aromatic heterocycles. The molecule has 0 saturated heterocycles. The van der Waals surface area contributed by atoms with E-state index in [1.165, 1.54) is 0 Å². The molecular weight excluding hydrogens is 342 g/mol. The highest BCUT2D eigenvalue weighted by atomic mass is 16.5. The van der Waals surface area contributed by atoms with Crippen molar-refractivity contribution in [1.29, 1.82) is 0 Å². The quantitative estimate of drug-likeness (QED) is 0.590. The molecule has 0 aliphatic carbocycles. The van der Waals surface area contributed by atoms with Crippen LogP contribution in [0.2, 0.25) is 0 Å². The average Bonchev–Trinajstić information content (AvgIpc) is 3.23. The lowest BCUT2D eigenvalue weighted by Crippen LogP contribution is -2.27. The molecule has 4 aromatic rings. The van der Waals surface area contributed by atoms with Crippen LogP contribution < -0.4 is 5.32 Å². The Bertz CT molecular complexity index is 1080. The summed E-state index contributed by atoms with van der Waals surface area (Å²) in [5.41, 5.74) is 4.05. The van der Waals surface area contributed by atoms with Gasteiger partial charge < -0.3 is 14.4 Å². The van der Waals surface area contributed by atoms with Crippen molar-refractivity contribution in [3.8, 4) is 11.3 Å². The molecule has 0 radical (unpaired) electrons. The van der Waals surface area contributed by atoms with Crippen LogP contribution in [0.1, 0.15) is 17.1 Å². The fourth-order valence-corrected chi connectivity index (χ4v) is 3.08. The summed E-state index contributed by atoms with van der Waals surface area (Å²) in [6.45, 7) is 4.35. The summed E-state index contributed by atoms with van der Waals surface area (Å²) >= 11 is 0. The van der Waals surface area contributed by atoms with E-state index in [1.807, 2.05) is 61.0 Å². The number of amides is 1. The first-order chi connectivity index (χ1) is 13.1. The number of carbonyl (C=O) groups excluding carboxylic acids is 1. The Morgan fingerprint density at radius 1 is 1.19 bits per heavy atom. The van der Waals surface area contributed by atoms with E-state index in [0.29, 0.717) is 6.54 Å². The molecule has 0 aliphatic heterocycles. The summed E-state index contributed by atoms with van der Waals surface area (Å²) in [5, 5.41) is 7.85. The number of hydrogen-bond acceptors (Lipinski definition) is 5. The highest BCUT2D eigenvalue weighted by Crippen LogP contribution is 2.27. The fourth-order valence-electron chi connectivity index (χ4n) is 3.08. The van der Waals surface area contributed by atoms with E-state index >= 15 is 0 Å². The predicted molar refractivity (Wildman–Crippen MR) is 101 cm³/mol. The van der Waals surface area contributed by atoms with Crippen LogP contribution in [-0.2, 0) is 17.9 Å². The first-order valence-electron chi connectivity index (χ1n) is 8.67. The molecule has 27 heavy (non-hydrogen) atoms. The van der Waals surface area contributed by atoms with Crippen LogP contribution in [0, 0.1) is 13.8 Å². The summed E-state index contributed by atoms with van der Waals surface area (Å²) < 4.78 is 7.08. The van der Waals surface area contributed by atoms with Crippen LogP contribution >= 0.6 is 0 Å². The van der Waals surface area contributed by atoms with Crippen molar-refractivity contribution in [2.24, 2.45) is 0 Å². The largest absolute Gasteiger partial charge is 0.361 e. The molecule has 0 saturated carbocycles. The Morgan fingerprint density at radius 2 is 2.07 bits per heavy atom. The zero-order valence-electron chi connectivity index (χ0n) is 15.1. The number of aryl methyl sites for hydroxylation is 2. The second kappa shape index (κ2) is 7.03. The first-order valence-corrected chi connectivity index (χ1v) is 8.67. The molecule has 0 fully saturated rings. The van der Waals surface area contributed by atoms with Crippen molar-refractivity contribution in [3.05, 3.63) is 65.9 Å². The topological polar surface area (TPSA) is 85.8 Å². The van der Waals surface area contributed by atoms with Gasteiger partial charge >= 0.3 is 0 Å². The van der Waals surface area contributed by atoms with E-state index < -0.39 is 0 Å². The van der Waals surface area contributed by atoms with Crippen molar-refractivity contribution in [2.75, 3.05) is 0 Å². The van der Waals surface area contributed by atoms with Gasteiger partial charge in [-0.15, -0.1) is 0 Å². The average molecular weight is 361 g/mol. The maximum Gasteiger partial charge on any atom is 0.240 e. The Hall–Kier alpha value is -3.48. The summed E-state index contributed by atoms with van der Waals surface area (Å²) in [7, 11) is 0. The number of carbonyl (C=O) groups is 1. The molecule has 4 rings (SSSR count). The van der Waals surface area contributed by atoms with E-state index in [0.717, 1.165) is 39.4 Å². The van der Waals surface area contributed by atoms with Gasteiger partial charge in [0.2, 0.25) is 5.91 Å². The third-order valence-corrected chi connectivity index (χ3v) is 4.41. The Balaban J connectivity index is 1.55. The number of nitrogens with one attached hydrogen (secondary N) is 1. The number of hydrogen-bond donors (Lipinski definition) is 1. The van der Waals surface area contributed by atoms with Crippen molar-refractivity contribution in [1.82, 2.24) is 25.0 Å². The first kappa shape index (κ1) is 17.0. The van der Waals surface area contributed by atoms with Crippen molar-refractivity contribution >= 4 is 16.9 Å². The van der Waals surface area contributed by atoms with Gasteiger partial charge in [-0.3, -0.25) is 9.78 Å². The second-order valence-corrected chi connectivity index (χ2v) is 6.35. The molecule has 0 aliphatic rings. The normalized spacial score (nSPS) is 11.0. The van der Waals surface area contributed by atoms with Crippen molar-refractivity contribution in [2.45, 2.75) is 26.9 Å². The van der Waals surface area contributed by atoms with Gasteiger partial charge in [0.1, 0.15) is 18.0 Å². The number of rotatable bonds is 5. The minimum atomic E-state index is -0.0947. The Kier molecular flexibility index (Phi) is 4.42. The highest BCUT2D eigenvalue weighted by Gasteiger charge is 2.15. The highest BCUT2D eigenvalue weighted by molar-refractivity contribution is 5.83. The third-order valence-electron chi connectivity index (χ3n) is 4.41. The van der Waals surface area contributed by atoms with Crippen LogP contribution in [0.15, 0.2) is 53.3 Å². The fraction of sp³-hybridized carbons (Fsp3) is 0.200. The van der Waals surface area contributed by atoms with Gasteiger partial charge in [-0.05, 0) is 44.2 Å². The maximum atomic E-state index is 12.3. The zero-order chi connectivity index (χ0) is 18.8. The minimum Gasteiger partial charge on any atom is -0.361 e. The molecule has 1 amide bonds. The monoisotopic (exact) mass is 361 g/mol. The van der Waals surface area contributed by atoms with E-state index in [2.05, 4.69) is 15.5 Å². The lowest BCUT2D eigenvalue weighted by atomic mass is 10.1. The van der Waals surface area contributed by atoms with E-state index in [4.69, 9.17) is 9.51 Å². The van der Waals surface area contributed by atoms with Crippen LogP contribution in [-0.4, -0.2) is 25.6 Å². The van der Waals surface area contributed by atoms with E-state index in [9.17, 15) is 4.79 Å². The van der Waals surface area contributed by atoms with E-state index in [1.54, 1.807) is 6.20 Å². The zero-order valence-corrected chi connectivity index (χ0v) is 15.1. The molecular formula is C20H19N5O2. The van der Waals surface area contributed by atoms with Gasteiger partial charge in [0.05, 0.1) is 29.2 Å². The summed E-state index contributed by atoms with van der Waals surface area (Å²) in [5.74, 6) is 0.633. The summed E-state index contributed by atoms with van der Waals surface area (Å²) in [6, 6.07) is 11.5. The lowest BCUT2D eigenvalue weighted by Gasteiger charge is -2.08. The minimum absolute atomic E-state index is 0.0947. The standard InChI is InChI=1S/C20H19N5O2/c1-13-19(14(2)27-24-13)17-7-6-15-8-10-25(20(15)23-17)12-18(26)22-11-16-5-3-4-9-21-16/h3-10H,11-12H2,1-2H3,(H,22,26). The summed E-state index contributed by atoms with van der Waals surface area (Å²) in [4.78, 5) is 21.3. The third kappa shape index (κ3) is 3.44. The van der Waals surface area contributed by atoms with Crippen LogP contribution in [0.5, 0.6) is 0 Å². The molecule has 1 N–H and O–H groups in total. The molecule has 7 heteroatoms. The van der Waals surface area contributed by atoms with Gasteiger partial charge in [0.25, 0.3) is 0 Å². The number of pyridine rings is 2. The van der Waals surface area contributed by atoms with Gasteiger partial charge in [-0.25, -0.2) is 4.98 Å². The lowest BCUT2D eigenvalue weighted by molar-refractivity contribution is -0.121. The van der Waals surface area contributed by atoms with Crippen molar-refractivity contribution < 1.29 is 9.32 Å². The van der Waals surface area contributed by atoms with Gasteiger partial charge in [0.15, 0.2) is 0 Å². The summed E-state index contributed by atoms with van der Waals surface area (Å²) in [6.07, 6.45) is 3.58. The van der Waals surface area contributed by atoms with Crippen LogP contribution in [0.4, 0.5) is 0 Å². The molecule has 7 nitrogen and oxygen atoms in total. The molecule has 0 bridgehead atoms. The number of nitrogens with zero attached hydrogens (tertiary/aromatic N) is 4. The molecule has 136 valence electrons. The smallest absolute Gasteiger partial charge is 0.240 e. The Morgan fingerprint density at radius 3 is 2.81 bits per heavy atom. The van der Waals surface area contributed by atoms with Crippen LogP contribution in [0.25, 0.3) is 22.3 Å². The van der Waals surface area contributed by atoms with Crippen LogP contribution in [0.3, 0.4) is 0 Å². The second-order valence-electron chi connectivity index (χ2n) is 6.35. The Labute approximate surface area is 156 Å². The number of aromatic nitrogens is 4. The van der Waals surface area contributed by atoms with Gasteiger partial charge in [-0.2, -0.15) is 0 Å². The SMILES string of the molecule is Cc1noc(C)c1-c1ccc2ccn(CC(=O)NCc3ccccn3)c2n1. The molecule has 0 atom stereocenters. The number of fused-ring (bicyclic) bond motifs is 1. The van der Waals surface area contributed by atoms with Crippen molar-refractivity contribution in [3.63, 3.8) is 0 Å². The van der Waals surface area contributed by atoms with Gasteiger partial charge in [0, 0.05) is 17.8 Å². The predicted octanol–water partition coefficient (Wildman–Crippen LogP) is 3.02.